The van der Waals surface area contributed by atoms with Crippen molar-refractivity contribution < 1.29 is 12.8 Å². The minimum atomic E-state index is -3.85. The third-order valence-corrected chi connectivity index (χ3v) is 5.23. The topological polar surface area (TPSA) is 75.4 Å². The number of nitrogens with zero attached hydrogens (tertiary/aromatic N) is 1. The Balaban J connectivity index is 1.93. The van der Waals surface area contributed by atoms with Gasteiger partial charge in [0.05, 0.1) is 0 Å². The number of hydrogen-bond acceptors (Lipinski definition) is 4. The van der Waals surface area contributed by atoms with Gasteiger partial charge in [-0.15, -0.1) is 0 Å². The highest BCUT2D eigenvalue weighted by molar-refractivity contribution is 7.89. The molecule has 2 rings (SSSR count). The highest BCUT2D eigenvalue weighted by atomic mass is 32.2. The number of aryl methyl sites for hydroxylation is 1. The van der Waals surface area contributed by atoms with E-state index in [0.29, 0.717) is 18.5 Å². The summed E-state index contributed by atoms with van der Waals surface area (Å²) < 4.78 is 40.4. The molecule has 1 heterocycles. The number of hydrogen-bond donors (Lipinski definition) is 2. The summed E-state index contributed by atoms with van der Waals surface area (Å²) in [5, 5.41) is 0. The maximum absolute atomic E-state index is 13.8. The van der Waals surface area contributed by atoms with Gasteiger partial charge in [0.15, 0.2) is 0 Å². The molecule has 1 saturated heterocycles. The molecule has 1 aromatic carbocycles. The van der Waals surface area contributed by atoms with Crippen LogP contribution in [-0.2, 0) is 10.0 Å². The molecule has 0 amide bonds. The van der Waals surface area contributed by atoms with Crippen LogP contribution in [0.25, 0.3) is 0 Å². The molecule has 0 radical (unpaired) electrons. The lowest BCUT2D eigenvalue weighted by atomic mass is 10.2. The fourth-order valence-electron chi connectivity index (χ4n) is 2.47. The van der Waals surface area contributed by atoms with E-state index >= 15 is 0 Å². The van der Waals surface area contributed by atoms with Crippen LogP contribution in [0.15, 0.2) is 17.0 Å². The van der Waals surface area contributed by atoms with E-state index in [1.807, 2.05) is 0 Å². The minimum absolute atomic E-state index is 0.272. The Labute approximate surface area is 125 Å². The van der Waals surface area contributed by atoms with Gasteiger partial charge < -0.3 is 10.6 Å². The van der Waals surface area contributed by atoms with E-state index in [9.17, 15) is 12.8 Å². The smallest absolute Gasteiger partial charge is 0.243 e. The van der Waals surface area contributed by atoms with Gasteiger partial charge in [-0.3, -0.25) is 0 Å². The minimum Gasteiger partial charge on any atom is -0.398 e. The maximum atomic E-state index is 13.8. The predicted molar refractivity (Wildman–Crippen MR) is 81.0 cm³/mol. The van der Waals surface area contributed by atoms with Crippen molar-refractivity contribution in [2.45, 2.75) is 31.1 Å². The first-order valence-electron chi connectivity index (χ1n) is 7.18. The molecule has 0 bridgehead atoms. The van der Waals surface area contributed by atoms with Crippen molar-refractivity contribution in [3.8, 4) is 0 Å². The number of nitrogens with one attached hydrogen (secondary N) is 1. The summed E-state index contributed by atoms with van der Waals surface area (Å²) in [5.41, 5.74) is 6.46. The van der Waals surface area contributed by atoms with Crippen molar-refractivity contribution >= 4 is 15.7 Å². The second kappa shape index (κ2) is 6.72. The first-order valence-corrected chi connectivity index (χ1v) is 8.66. The van der Waals surface area contributed by atoms with Crippen LogP contribution in [0.2, 0.25) is 0 Å². The fourth-order valence-corrected chi connectivity index (χ4v) is 3.63. The van der Waals surface area contributed by atoms with E-state index in [0.717, 1.165) is 25.7 Å². The van der Waals surface area contributed by atoms with E-state index < -0.39 is 15.8 Å². The molecule has 0 saturated carbocycles. The third kappa shape index (κ3) is 4.15. The molecule has 3 N–H and O–H groups in total. The van der Waals surface area contributed by atoms with E-state index in [2.05, 4.69) is 9.62 Å². The van der Waals surface area contributed by atoms with Crippen LogP contribution in [-0.4, -0.2) is 39.5 Å². The van der Waals surface area contributed by atoms with Crippen molar-refractivity contribution in [2.24, 2.45) is 0 Å². The van der Waals surface area contributed by atoms with Crippen LogP contribution in [0.1, 0.15) is 24.8 Å². The average Bonchev–Trinajstić information content (AvgIpc) is 2.92. The molecule has 0 unspecified atom stereocenters. The monoisotopic (exact) mass is 315 g/mol. The number of sulfonamides is 1. The summed E-state index contributed by atoms with van der Waals surface area (Å²) >= 11 is 0. The number of nitrogen functional groups attached to an aromatic ring is 1. The number of nitrogens with two attached hydrogens (primary N) is 1. The van der Waals surface area contributed by atoms with Crippen molar-refractivity contribution in [2.75, 3.05) is 31.9 Å². The average molecular weight is 315 g/mol. The Bertz CT molecular complexity index is 598. The number of anilines is 1. The number of rotatable bonds is 6. The summed E-state index contributed by atoms with van der Waals surface area (Å²) in [6, 6.07) is 2.32. The normalized spacial score (nSPS) is 16.5. The summed E-state index contributed by atoms with van der Waals surface area (Å²) in [5.74, 6) is -0.770. The van der Waals surface area contributed by atoms with E-state index in [4.69, 9.17) is 5.73 Å². The zero-order valence-corrected chi connectivity index (χ0v) is 13.0. The largest absolute Gasteiger partial charge is 0.398 e. The SMILES string of the molecule is Cc1cc(F)c(S(=O)(=O)NCCCN2CCCC2)cc1N. The van der Waals surface area contributed by atoms with Crippen molar-refractivity contribution in [3.05, 3.63) is 23.5 Å². The van der Waals surface area contributed by atoms with Crippen molar-refractivity contribution in [1.29, 1.82) is 0 Å². The molecular formula is C14H22FN3O2S. The van der Waals surface area contributed by atoms with Gasteiger partial charge in [0.1, 0.15) is 10.7 Å². The lowest BCUT2D eigenvalue weighted by Gasteiger charge is -2.14. The first-order chi connectivity index (χ1) is 9.90. The summed E-state index contributed by atoms with van der Waals surface area (Å²) in [6.07, 6.45) is 3.13. The molecule has 21 heavy (non-hydrogen) atoms. The van der Waals surface area contributed by atoms with Crippen LogP contribution < -0.4 is 10.5 Å². The number of benzene rings is 1. The lowest BCUT2D eigenvalue weighted by molar-refractivity contribution is 0.334. The van der Waals surface area contributed by atoms with Crippen molar-refractivity contribution in [1.82, 2.24) is 9.62 Å². The molecule has 5 nitrogen and oxygen atoms in total. The Kier molecular flexibility index (Phi) is 5.18. The molecular weight excluding hydrogens is 293 g/mol. The quantitative estimate of drug-likeness (QED) is 0.616. The molecule has 7 heteroatoms. The molecule has 0 spiro atoms. The van der Waals surface area contributed by atoms with Gasteiger partial charge in [0.25, 0.3) is 0 Å². The van der Waals surface area contributed by atoms with Crippen LogP contribution in [0.3, 0.4) is 0 Å². The lowest BCUT2D eigenvalue weighted by Crippen LogP contribution is -2.29. The summed E-state index contributed by atoms with van der Waals surface area (Å²) in [6.45, 7) is 4.96. The highest BCUT2D eigenvalue weighted by Gasteiger charge is 2.20. The van der Waals surface area contributed by atoms with Crippen LogP contribution >= 0.6 is 0 Å². The highest BCUT2D eigenvalue weighted by Crippen LogP contribution is 2.21. The van der Waals surface area contributed by atoms with E-state index in [1.165, 1.54) is 18.9 Å². The standard InChI is InChI=1S/C14H22FN3O2S/c1-11-9-12(15)14(10-13(11)16)21(19,20)17-5-4-8-18-6-2-3-7-18/h9-10,17H,2-8,16H2,1H3. The zero-order chi connectivity index (χ0) is 15.5. The van der Waals surface area contributed by atoms with E-state index in [-0.39, 0.29) is 10.6 Å². The number of halogens is 1. The second-order valence-corrected chi connectivity index (χ2v) is 7.17. The summed E-state index contributed by atoms with van der Waals surface area (Å²) in [4.78, 5) is 1.92. The van der Waals surface area contributed by atoms with Gasteiger partial charge in [0.2, 0.25) is 10.0 Å². The Morgan fingerprint density at radius 2 is 2.00 bits per heavy atom. The molecule has 0 atom stereocenters. The molecule has 0 aromatic heterocycles. The van der Waals surface area contributed by atoms with Crippen LogP contribution in [0.4, 0.5) is 10.1 Å². The van der Waals surface area contributed by atoms with Crippen LogP contribution in [0.5, 0.6) is 0 Å². The fraction of sp³-hybridized carbons (Fsp3) is 0.571. The zero-order valence-electron chi connectivity index (χ0n) is 12.2. The maximum Gasteiger partial charge on any atom is 0.243 e. The Hall–Kier alpha value is -1.18. The molecule has 1 fully saturated rings. The van der Waals surface area contributed by atoms with Gasteiger partial charge in [-0.2, -0.15) is 0 Å². The predicted octanol–water partition coefficient (Wildman–Crippen LogP) is 1.48. The van der Waals surface area contributed by atoms with E-state index in [1.54, 1.807) is 6.92 Å². The molecule has 1 aliphatic rings. The molecule has 1 aliphatic heterocycles. The summed E-state index contributed by atoms with van der Waals surface area (Å²) in [7, 11) is -3.85. The molecule has 1 aromatic rings. The van der Waals surface area contributed by atoms with Crippen molar-refractivity contribution in [3.63, 3.8) is 0 Å². The second-order valence-electron chi connectivity index (χ2n) is 5.44. The first kappa shape index (κ1) is 16.2. The molecule has 118 valence electrons. The van der Waals surface area contributed by atoms with Gasteiger partial charge in [0, 0.05) is 12.2 Å². The number of likely N-dealkylation sites (tertiary alicyclic amines) is 1. The van der Waals surface area contributed by atoms with Crippen LogP contribution in [0, 0.1) is 12.7 Å². The van der Waals surface area contributed by atoms with Gasteiger partial charge in [-0.25, -0.2) is 17.5 Å². The third-order valence-electron chi connectivity index (χ3n) is 3.75. The van der Waals surface area contributed by atoms with Gasteiger partial charge >= 0.3 is 0 Å². The van der Waals surface area contributed by atoms with Gasteiger partial charge in [-0.05, 0) is 63.5 Å². The van der Waals surface area contributed by atoms with Gasteiger partial charge in [-0.1, -0.05) is 0 Å². The Morgan fingerprint density at radius 1 is 1.33 bits per heavy atom. The Morgan fingerprint density at radius 3 is 2.67 bits per heavy atom. The molecule has 0 aliphatic carbocycles.